The Balaban J connectivity index is 1.77. The Kier molecular flexibility index (Phi) is 10.3. The van der Waals surface area contributed by atoms with Gasteiger partial charge in [0.25, 0.3) is 5.91 Å². The molecule has 2 aliphatic rings. The van der Waals surface area contributed by atoms with E-state index in [2.05, 4.69) is 20.8 Å². The van der Waals surface area contributed by atoms with Crippen LogP contribution in [0.1, 0.15) is 76.6 Å². The standard InChI is InChI=1S/C33H44N2O6/c1-6-10-11-18-40-27-15-12-23(21-28(27)39-9-4)30-29(32(37)33(38)35(30)17-16-34(7-2)8-3)31(36)24-13-14-26-25(20-24)19-22(5)41-26/h12-15,20-22,30,36H,6-11,16-19H2,1-5H3. The third-order valence-electron chi connectivity index (χ3n) is 7.98. The number of likely N-dealkylation sites (N-methyl/N-ethyl adjacent to an activating group) is 1. The second-order valence-electron chi connectivity index (χ2n) is 10.8. The second kappa shape index (κ2) is 13.9. The number of nitrogens with zero attached hydrogens (tertiary/aromatic N) is 1. The summed E-state index contributed by atoms with van der Waals surface area (Å²) < 4.78 is 17.8. The summed E-state index contributed by atoms with van der Waals surface area (Å²) >= 11 is 0. The first-order chi connectivity index (χ1) is 19.8. The maximum atomic E-state index is 14.0. The fraction of sp³-hybridized carbons (Fsp3) is 0.515. The van der Waals surface area contributed by atoms with Crippen LogP contribution >= 0.6 is 0 Å². The number of quaternary nitrogens is 1. The van der Waals surface area contributed by atoms with Gasteiger partial charge in [0.2, 0.25) is 5.78 Å². The smallest absolute Gasteiger partial charge is 0.295 e. The molecule has 2 aromatic rings. The van der Waals surface area contributed by atoms with Crippen LogP contribution in [0.15, 0.2) is 42.0 Å². The molecule has 222 valence electrons. The molecule has 0 aliphatic carbocycles. The third-order valence-corrected chi connectivity index (χ3v) is 7.98. The van der Waals surface area contributed by atoms with Gasteiger partial charge in [-0.3, -0.25) is 9.59 Å². The largest absolute Gasteiger partial charge is 0.872 e. The van der Waals surface area contributed by atoms with Crippen molar-refractivity contribution in [2.75, 3.05) is 39.4 Å². The summed E-state index contributed by atoms with van der Waals surface area (Å²) in [6.45, 7) is 14.1. The molecule has 2 heterocycles. The first kappa shape index (κ1) is 30.4. The Bertz CT molecular complexity index is 1270. The van der Waals surface area contributed by atoms with Gasteiger partial charge in [-0.05, 0) is 75.1 Å². The Labute approximate surface area is 243 Å². The van der Waals surface area contributed by atoms with Crippen molar-refractivity contribution < 1.29 is 33.8 Å². The fourth-order valence-electron chi connectivity index (χ4n) is 5.66. The first-order valence-electron chi connectivity index (χ1n) is 15.1. The highest BCUT2D eigenvalue weighted by atomic mass is 16.5. The molecule has 1 fully saturated rings. The van der Waals surface area contributed by atoms with E-state index in [0.29, 0.717) is 55.4 Å². The molecule has 0 bridgehead atoms. The lowest BCUT2D eigenvalue weighted by atomic mass is 9.94. The normalized spacial score (nSPS) is 19.5. The van der Waals surface area contributed by atoms with E-state index in [9.17, 15) is 14.7 Å². The molecule has 41 heavy (non-hydrogen) atoms. The van der Waals surface area contributed by atoms with Crippen LogP contribution in [0.25, 0.3) is 5.76 Å². The summed E-state index contributed by atoms with van der Waals surface area (Å²) in [4.78, 5) is 29.9. The van der Waals surface area contributed by atoms with Crippen LogP contribution in [0, 0.1) is 0 Å². The summed E-state index contributed by atoms with van der Waals surface area (Å²) in [7, 11) is 0. The zero-order valence-electron chi connectivity index (χ0n) is 25.1. The van der Waals surface area contributed by atoms with Gasteiger partial charge in [0.1, 0.15) is 11.9 Å². The van der Waals surface area contributed by atoms with Crippen LogP contribution in [-0.2, 0) is 16.0 Å². The molecular formula is C33H44N2O6. The van der Waals surface area contributed by atoms with E-state index in [1.807, 2.05) is 32.0 Å². The lowest BCUT2D eigenvalue weighted by molar-refractivity contribution is -0.895. The Morgan fingerprint density at radius 1 is 1.02 bits per heavy atom. The number of ether oxygens (including phenoxy) is 3. The van der Waals surface area contributed by atoms with Gasteiger partial charge in [-0.15, -0.1) is 0 Å². The quantitative estimate of drug-likeness (QED) is 0.164. The number of fused-ring (bicyclic) bond motifs is 1. The Morgan fingerprint density at radius 3 is 2.51 bits per heavy atom. The molecule has 2 aliphatic heterocycles. The molecule has 0 saturated carbocycles. The molecule has 2 unspecified atom stereocenters. The van der Waals surface area contributed by atoms with E-state index in [0.717, 1.165) is 43.7 Å². The average molecular weight is 565 g/mol. The highest BCUT2D eigenvalue weighted by Gasteiger charge is 2.44. The number of hydrogen-bond donors (Lipinski definition) is 1. The number of Topliss-reactive ketones (excluding diaryl/α,β-unsaturated/α-hetero) is 1. The lowest BCUT2D eigenvalue weighted by Gasteiger charge is -2.29. The molecular weight excluding hydrogens is 520 g/mol. The van der Waals surface area contributed by atoms with E-state index in [1.54, 1.807) is 23.1 Å². The van der Waals surface area contributed by atoms with Crippen molar-refractivity contribution in [2.45, 2.75) is 72.4 Å². The van der Waals surface area contributed by atoms with E-state index >= 15 is 0 Å². The molecule has 2 aromatic carbocycles. The van der Waals surface area contributed by atoms with Crippen molar-refractivity contribution in [1.29, 1.82) is 0 Å². The van der Waals surface area contributed by atoms with Crippen molar-refractivity contribution in [3.8, 4) is 17.2 Å². The average Bonchev–Trinajstić information content (AvgIpc) is 3.47. The summed E-state index contributed by atoms with van der Waals surface area (Å²) in [6.07, 6.45) is 3.83. The summed E-state index contributed by atoms with van der Waals surface area (Å²) in [6, 6.07) is 9.93. The van der Waals surface area contributed by atoms with Crippen LogP contribution in [0.5, 0.6) is 17.2 Å². The first-order valence-corrected chi connectivity index (χ1v) is 15.1. The zero-order chi connectivity index (χ0) is 29.5. The second-order valence-corrected chi connectivity index (χ2v) is 10.8. The predicted octanol–water partition coefficient (Wildman–Crippen LogP) is 3.13. The number of amides is 1. The minimum absolute atomic E-state index is 0.0180. The van der Waals surface area contributed by atoms with Crippen LogP contribution in [0.2, 0.25) is 0 Å². The van der Waals surface area contributed by atoms with Gasteiger partial charge in [-0.1, -0.05) is 37.7 Å². The minimum Gasteiger partial charge on any atom is -0.872 e. The highest BCUT2D eigenvalue weighted by molar-refractivity contribution is 6.46. The van der Waals surface area contributed by atoms with Gasteiger partial charge in [0.15, 0.2) is 11.5 Å². The summed E-state index contributed by atoms with van der Waals surface area (Å²) in [5, 5.41) is 14.0. The van der Waals surface area contributed by atoms with Gasteiger partial charge in [-0.2, -0.15) is 0 Å². The summed E-state index contributed by atoms with van der Waals surface area (Å²) in [5.41, 5.74) is 1.96. The number of rotatable bonds is 14. The number of ketones is 1. The Morgan fingerprint density at radius 2 is 1.80 bits per heavy atom. The van der Waals surface area contributed by atoms with Gasteiger partial charge >= 0.3 is 0 Å². The number of benzene rings is 2. The van der Waals surface area contributed by atoms with Crippen molar-refractivity contribution in [3.05, 3.63) is 58.7 Å². The SMILES string of the molecule is CCCCCOc1ccc(C2C(=C([O-])c3ccc4c(c3)CC(C)O4)C(=O)C(=O)N2CC[NH+](CC)CC)cc1OCC. The maximum Gasteiger partial charge on any atom is 0.295 e. The van der Waals surface area contributed by atoms with Gasteiger partial charge < -0.3 is 29.1 Å². The van der Waals surface area contributed by atoms with Crippen LogP contribution in [-0.4, -0.2) is 62.1 Å². The molecule has 1 amide bonds. The van der Waals surface area contributed by atoms with Crippen LogP contribution in [0.4, 0.5) is 0 Å². The van der Waals surface area contributed by atoms with Crippen LogP contribution < -0.4 is 24.2 Å². The lowest BCUT2D eigenvalue weighted by Crippen LogP contribution is -3.12. The van der Waals surface area contributed by atoms with E-state index in [4.69, 9.17) is 14.2 Å². The maximum absolute atomic E-state index is 14.0. The minimum atomic E-state index is -0.811. The topological polar surface area (TPSA) is 92.6 Å². The predicted molar refractivity (Wildman–Crippen MR) is 156 cm³/mol. The molecule has 4 rings (SSSR count). The summed E-state index contributed by atoms with van der Waals surface area (Å²) in [5.74, 6) is 0.106. The molecule has 0 radical (unpaired) electrons. The van der Waals surface area contributed by atoms with E-state index in [1.165, 1.54) is 4.90 Å². The van der Waals surface area contributed by atoms with Crippen molar-refractivity contribution >= 4 is 17.4 Å². The third kappa shape index (κ3) is 6.70. The van der Waals surface area contributed by atoms with Crippen LogP contribution in [0.3, 0.4) is 0 Å². The van der Waals surface area contributed by atoms with E-state index in [-0.39, 0.29) is 11.7 Å². The van der Waals surface area contributed by atoms with E-state index < -0.39 is 23.5 Å². The molecule has 2 atom stereocenters. The number of nitrogens with one attached hydrogen (secondary N) is 1. The molecule has 1 saturated heterocycles. The molecule has 0 aromatic heterocycles. The Hall–Kier alpha value is -3.52. The fourth-order valence-corrected chi connectivity index (χ4v) is 5.66. The molecule has 8 heteroatoms. The van der Waals surface area contributed by atoms with Gasteiger partial charge in [0, 0.05) is 12.0 Å². The number of carbonyl (C=O) groups excluding carboxylic acids is 2. The number of hydrogen-bond acceptors (Lipinski definition) is 6. The number of carbonyl (C=O) groups is 2. The van der Waals surface area contributed by atoms with Gasteiger partial charge in [0.05, 0.1) is 45.4 Å². The molecule has 0 spiro atoms. The number of unbranched alkanes of at least 4 members (excludes halogenated alkanes) is 2. The molecule has 8 nitrogen and oxygen atoms in total. The molecule has 1 N–H and O–H groups in total. The monoisotopic (exact) mass is 564 g/mol. The zero-order valence-corrected chi connectivity index (χ0v) is 25.1. The highest BCUT2D eigenvalue weighted by Crippen LogP contribution is 2.42. The van der Waals surface area contributed by atoms with Crippen molar-refractivity contribution in [2.24, 2.45) is 0 Å². The van der Waals surface area contributed by atoms with Crippen molar-refractivity contribution in [1.82, 2.24) is 4.90 Å². The van der Waals surface area contributed by atoms with Gasteiger partial charge in [-0.25, -0.2) is 0 Å². The number of likely N-dealkylation sites (tertiary alicyclic amines) is 1. The van der Waals surface area contributed by atoms with Crippen molar-refractivity contribution in [3.63, 3.8) is 0 Å².